The molecule has 1 heterocycles. The minimum absolute atomic E-state index is 0.0422. The van der Waals surface area contributed by atoms with Crippen LogP contribution in [0.2, 0.25) is 0 Å². The lowest BCUT2D eigenvalue weighted by molar-refractivity contribution is -0.385. The van der Waals surface area contributed by atoms with Crippen LogP contribution in [0.15, 0.2) is 18.2 Å². The van der Waals surface area contributed by atoms with Crippen molar-refractivity contribution in [2.75, 3.05) is 13.1 Å². The molecule has 0 bridgehead atoms. The molecule has 2 aliphatic rings. The van der Waals surface area contributed by atoms with Gasteiger partial charge in [-0.25, -0.2) is 4.39 Å². The van der Waals surface area contributed by atoms with Gasteiger partial charge < -0.3 is 4.74 Å². The van der Waals surface area contributed by atoms with E-state index in [0.29, 0.717) is 11.6 Å². The number of carbonyl (C=O) groups excluding carboxylic acids is 1. The van der Waals surface area contributed by atoms with Crippen molar-refractivity contribution in [1.82, 2.24) is 4.90 Å². The zero-order valence-corrected chi connectivity index (χ0v) is 14.7. The molecule has 25 heavy (non-hydrogen) atoms. The highest BCUT2D eigenvalue weighted by Gasteiger charge is 2.44. The number of hydrogen-bond acceptors (Lipinski definition) is 5. The maximum absolute atomic E-state index is 14.0. The predicted molar refractivity (Wildman–Crippen MR) is 89.7 cm³/mol. The van der Waals surface area contributed by atoms with Crippen molar-refractivity contribution in [3.8, 4) is 0 Å². The quantitative estimate of drug-likeness (QED) is 0.473. The number of nitrogens with zero attached hydrogens (tertiary/aromatic N) is 2. The first-order valence-corrected chi connectivity index (χ1v) is 8.55. The maximum Gasteiger partial charge on any atom is 0.309 e. The summed E-state index contributed by atoms with van der Waals surface area (Å²) in [5, 5.41) is 10.7. The molecule has 1 saturated heterocycles. The average Bonchev–Trinajstić information content (AvgIpc) is 2.38. The lowest BCUT2D eigenvalue weighted by Crippen LogP contribution is -2.56. The third-order valence-corrected chi connectivity index (χ3v) is 4.91. The van der Waals surface area contributed by atoms with Crippen LogP contribution in [-0.2, 0) is 9.53 Å². The van der Waals surface area contributed by atoms with Crippen molar-refractivity contribution in [3.63, 3.8) is 0 Å². The molecule has 6 nitrogen and oxygen atoms in total. The predicted octanol–water partition coefficient (Wildman–Crippen LogP) is 3.25. The van der Waals surface area contributed by atoms with Crippen LogP contribution in [0.25, 0.3) is 0 Å². The number of benzene rings is 1. The Morgan fingerprint density at radius 2 is 1.96 bits per heavy atom. The fraction of sp³-hybridized carbons (Fsp3) is 0.611. The number of rotatable bonds is 4. The molecule has 1 saturated carbocycles. The molecule has 0 N–H and O–H groups in total. The summed E-state index contributed by atoms with van der Waals surface area (Å²) in [5.41, 5.74) is -0.154. The van der Waals surface area contributed by atoms with Crippen molar-refractivity contribution < 1.29 is 18.8 Å². The van der Waals surface area contributed by atoms with Crippen molar-refractivity contribution in [2.45, 2.75) is 51.2 Å². The van der Waals surface area contributed by atoms with Crippen LogP contribution >= 0.6 is 0 Å². The number of halogens is 1. The molecule has 0 atom stereocenters. The Balaban J connectivity index is 1.48. The number of non-ortho nitro benzene ring substituents is 1. The monoisotopic (exact) mass is 350 g/mol. The van der Waals surface area contributed by atoms with E-state index in [9.17, 15) is 19.3 Å². The van der Waals surface area contributed by atoms with Gasteiger partial charge in [0.1, 0.15) is 11.4 Å². The molecule has 0 amide bonds. The Kier molecular flexibility index (Phi) is 4.53. The molecule has 0 aromatic heterocycles. The van der Waals surface area contributed by atoms with E-state index in [-0.39, 0.29) is 23.5 Å². The number of ether oxygens (including phenoxy) is 1. The summed E-state index contributed by atoms with van der Waals surface area (Å²) in [6, 6.07) is 4.19. The molecular formula is C18H23FN2O4. The van der Waals surface area contributed by atoms with Gasteiger partial charge in [-0.2, -0.15) is 0 Å². The van der Waals surface area contributed by atoms with Crippen LogP contribution in [0, 0.1) is 21.8 Å². The van der Waals surface area contributed by atoms with Crippen LogP contribution in [-0.4, -0.2) is 40.5 Å². The van der Waals surface area contributed by atoms with Crippen LogP contribution < -0.4 is 0 Å². The highest BCUT2D eigenvalue weighted by Crippen LogP contribution is 2.40. The van der Waals surface area contributed by atoms with Crippen molar-refractivity contribution in [1.29, 1.82) is 0 Å². The SMILES string of the molecule is CC(C)(C)OC(=O)[C@H]1C[C@@H](N2CC(c3ccc([N+](=O)[O-])cc3F)C2)C1. The molecule has 0 spiro atoms. The summed E-state index contributed by atoms with van der Waals surface area (Å²) >= 11 is 0. The number of likely N-dealkylation sites (tertiary alicyclic amines) is 1. The second-order valence-corrected chi connectivity index (χ2v) is 7.97. The van der Waals surface area contributed by atoms with Crippen molar-refractivity contribution >= 4 is 11.7 Å². The highest BCUT2D eigenvalue weighted by molar-refractivity contribution is 5.74. The van der Waals surface area contributed by atoms with Gasteiger partial charge in [-0.3, -0.25) is 19.8 Å². The third kappa shape index (κ3) is 3.81. The Labute approximate surface area is 146 Å². The van der Waals surface area contributed by atoms with Gasteiger partial charge in [0, 0.05) is 31.1 Å². The summed E-state index contributed by atoms with van der Waals surface area (Å²) in [4.78, 5) is 24.3. The van der Waals surface area contributed by atoms with Crippen molar-refractivity contribution in [2.24, 2.45) is 5.92 Å². The number of esters is 1. The zero-order valence-electron chi connectivity index (χ0n) is 14.7. The fourth-order valence-electron chi connectivity index (χ4n) is 3.43. The van der Waals surface area contributed by atoms with Gasteiger partial charge in [0.25, 0.3) is 5.69 Å². The van der Waals surface area contributed by atoms with Gasteiger partial charge in [-0.05, 0) is 45.2 Å². The molecule has 3 rings (SSSR count). The Morgan fingerprint density at radius 3 is 2.48 bits per heavy atom. The Morgan fingerprint density at radius 1 is 1.32 bits per heavy atom. The third-order valence-electron chi connectivity index (χ3n) is 4.91. The van der Waals surface area contributed by atoms with E-state index in [2.05, 4.69) is 4.90 Å². The highest BCUT2D eigenvalue weighted by atomic mass is 19.1. The van der Waals surface area contributed by atoms with Crippen LogP contribution in [0.5, 0.6) is 0 Å². The smallest absolute Gasteiger partial charge is 0.309 e. The van der Waals surface area contributed by atoms with Crippen LogP contribution in [0.1, 0.15) is 45.1 Å². The number of carbonyl (C=O) groups is 1. The molecule has 0 unspecified atom stereocenters. The lowest BCUT2D eigenvalue weighted by Gasteiger charge is -2.50. The van der Waals surface area contributed by atoms with E-state index >= 15 is 0 Å². The van der Waals surface area contributed by atoms with E-state index in [1.165, 1.54) is 12.1 Å². The normalized spacial score (nSPS) is 24.3. The van der Waals surface area contributed by atoms with Gasteiger partial charge in [0.05, 0.1) is 16.9 Å². The fourth-order valence-corrected chi connectivity index (χ4v) is 3.43. The summed E-state index contributed by atoms with van der Waals surface area (Å²) < 4.78 is 19.4. The molecule has 1 aliphatic carbocycles. The van der Waals surface area contributed by atoms with Gasteiger partial charge in [-0.15, -0.1) is 0 Å². The largest absolute Gasteiger partial charge is 0.460 e. The molecule has 136 valence electrons. The maximum atomic E-state index is 14.0. The summed E-state index contributed by atoms with van der Waals surface area (Å²) in [5.74, 6) is -0.637. The Bertz CT molecular complexity index is 689. The second-order valence-electron chi connectivity index (χ2n) is 7.97. The zero-order chi connectivity index (χ0) is 18.4. The molecule has 1 aromatic rings. The molecular weight excluding hydrogens is 327 g/mol. The average molecular weight is 350 g/mol. The molecule has 2 fully saturated rings. The first kappa shape index (κ1) is 17.8. The number of nitro benzene ring substituents is 1. The second kappa shape index (κ2) is 6.37. The van der Waals surface area contributed by atoms with Gasteiger partial charge in [-0.1, -0.05) is 0 Å². The van der Waals surface area contributed by atoms with Crippen LogP contribution in [0.3, 0.4) is 0 Å². The first-order valence-electron chi connectivity index (χ1n) is 8.55. The van der Waals surface area contributed by atoms with E-state index in [0.717, 1.165) is 32.0 Å². The first-order chi connectivity index (χ1) is 11.6. The summed E-state index contributed by atoms with van der Waals surface area (Å²) in [7, 11) is 0. The summed E-state index contributed by atoms with van der Waals surface area (Å²) in [6.45, 7) is 7.03. The minimum Gasteiger partial charge on any atom is -0.460 e. The number of nitro groups is 1. The van der Waals surface area contributed by atoms with Gasteiger partial charge in [0.15, 0.2) is 0 Å². The van der Waals surface area contributed by atoms with E-state index in [1.807, 2.05) is 20.8 Å². The van der Waals surface area contributed by atoms with E-state index in [4.69, 9.17) is 4.74 Å². The summed E-state index contributed by atoms with van der Waals surface area (Å²) in [6.07, 6.45) is 1.56. The molecule has 0 radical (unpaired) electrons. The number of hydrogen-bond donors (Lipinski definition) is 0. The standard InChI is InChI=1S/C18H23FN2O4/c1-18(2,3)25-17(22)11-6-14(7-11)20-9-12(10-20)15-5-4-13(21(23)24)8-16(15)19/h4-5,8,11-12,14H,6-7,9-10H2,1-3H3/t11-,14+. The molecule has 1 aliphatic heterocycles. The van der Waals surface area contributed by atoms with E-state index < -0.39 is 16.3 Å². The molecule has 1 aromatic carbocycles. The molecule has 7 heteroatoms. The van der Waals surface area contributed by atoms with Crippen molar-refractivity contribution in [3.05, 3.63) is 39.7 Å². The topological polar surface area (TPSA) is 72.7 Å². The van der Waals surface area contributed by atoms with Gasteiger partial charge in [0.2, 0.25) is 0 Å². The Hall–Kier alpha value is -2.02. The minimum atomic E-state index is -0.592. The van der Waals surface area contributed by atoms with E-state index in [1.54, 1.807) is 0 Å². The van der Waals surface area contributed by atoms with Gasteiger partial charge >= 0.3 is 5.97 Å². The van der Waals surface area contributed by atoms with Crippen LogP contribution in [0.4, 0.5) is 10.1 Å². The lowest BCUT2D eigenvalue weighted by atomic mass is 9.76.